The van der Waals surface area contributed by atoms with Crippen molar-refractivity contribution >= 4 is 11.8 Å². The number of piperidine rings is 1. The Morgan fingerprint density at radius 1 is 1.28 bits per heavy atom. The van der Waals surface area contributed by atoms with Crippen molar-refractivity contribution in [2.45, 2.75) is 42.0 Å². The van der Waals surface area contributed by atoms with Gasteiger partial charge in [-0.25, -0.2) is 0 Å². The van der Waals surface area contributed by atoms with Crippen molar-refractivity contribution in [3.05, 3.63) is 27.5 Å². The monoisotopic (exact) mass is 262 g/mol. The van der Waals surface area contributed by atoms with E-state index < -0.39 is 0 Å². The Balaban J connectivity index is 1.77. The lowest BCUT2D eigenvalue weighted by atomic mass is 9.88. The molecule has 18 heavy (non-hydrogen) atoms. The van der Waals surface area contributed by atoms with Gasteiger partial charge in [-0.2, -0.15) is 0 Å². The van der Waals surface area contributed by atoms with E-state index in [1.165, 1.54) is 24.2 Å². The highest BCUT2D eigenvalue weighted by molar-refractivity contribution is 7.99. The summed E-state index contributed by atoms with van der Waals surface area (Å²) in [6.07, 6.45) is 4.82. The van der Waals surface area contributed by atoms with E-state index in [-0.39, 0.29) is 5.56 Å². The molecule has 2 aliphatic heterocycles. The minimum Gasteiger partial charge on any atom is -0.317 e. The van der Waals surface area contributed by atoms with Crippen LogP contribution in [0.15, 0.2) is 15.9 Å². The molecule has 2 fully saturated rings. The number of rotatable bonds is 1. The molecule has 0 amide bonds. The smallest absolute Gasteiger partial charge is 0.252 e. The quantitative estimate of drug-likeness (QED) is 0.813. The molecule has 0 bridgehead atoms. The van der Waals surface area contributed by atoms with Crippen molar-refractivity contribution < 1.29 is 0 Å². The van der Waals surface area contributed by atoms with Crippen LogP contribution < -0.4 is 10.9 Å². The molecule has 3 heterocycles. The van der Waals surface area contributed by atoms with E-state index in [0.717, 1.165) is 36.5 Å². The molecule has 1 aromatic heterocycles. The summed E-state index contributed by atoms with van der Waals surface area (Å²) >= 11 is 1.84. The number of aromatic amines is 1. The molecule has 1 saturated carbocycles. The number of pyridine rings is 1. The maximum absolute atomic E-state index is 12.2. The Morgan fingerprint density at radius 3 is 2.78 bits per heavy atom. The number of thioether (sulfide) groups is 1. The number of fused-ring (bicyclic) bond motifs is 2. The molecule has 4 heteroatoms. The molecule has 0 unspecified atom stereocenters. The lowest BCUT2D eigenvalue weighted by molar-refractivity contribution is 0.456. The van der Waals surface area contributed by atoms with Gasteiger partial charge in [0.25, 0.3) is 5.56 Å². The Bertz CT molecular complexity index is 541. The molecule has 1 aromatic rings. The van der Waals surface area contributed by atoms with Crippen molar-refractivity contribution in [2.24, 2.45) is 0 Å². The summed E-state index contributed by atoms with van der Waals surface area (Å²) in [6.45, 7) is 2.09. The van der Waals surface area contributed by atoms with Crippen molar-refractivity contribution in [2.75, 3.05) is 18.8 Å². The molecule has 4 rings (SSSR count). The SMILES string of the molecule is O=c1[nH]c2c(cc1C1CCNCC1)C1(CC1)CS2. The van der Waals surface area contributed by atoms with Crippen molar-refractivity contribution in [1.29, 1.82) is 0 Å². The second-order valence-corrected chi connectivity index (χ2v) is 6.88. The highest BCUT2D eigenvalue weighted by atomic mass is 32.2. The zero-order valence-corrected chi connectivity index (χ0v) is 11.2. The zero-order valence-electron chi connectivity index (χ0n) is 10.4. The topological polar surface area (TPSA) is 44.9 Å². The lowest BCUT2D eigenvalue weighted by Crippen LogP contribution is -2.30. The molecule has 2 N–H and O–H groups in total. The fourth-order valence-electron chi connectivity index (χ4n) is 3.33. The van der Waals surface area contributed by atoms with Gasteiger partial charge in [0, 0.05) is 16.7 Å². The number of hydrogen-bond acceptors (Lipinski definition) is 3. The van der Waals surface area contributed by atoms with Crippen LogP contribution in [0, 0.1) is 0 Å². The minimum atomic E-state index is 0.158. The first-order valence-electron chi connectivity index (χ1n) is 6.90. The number of H-pyrrole nitrogens is 1. The third-order valence-corrected chi connectivity index (χ3v) is 6.04. The highest BCUT2D eigenvalue weighted by Crippen LogP contribution is 2.58. The van der Waals surface area contributed by atoms with Crippen LogP contribution in [0.25, 0.3) is 0 Å². The van der Waals surface area contributed by atoms with E-state index in [0.29, 0.717) is 11.3 Å². The first-order valence-corrected chi connectivity index (χ1v) is 7.88. The van der Waals surface area contributed by atoms with Gasteiger partial charge >= 0.3 is 0 Å². The average molecular weight is 262 g/mol. The summed E-state index contributed by atoms with van der Waals surface area (Å²) < 4.78 is 0. The van der Waals surface area contributed by atoms with Crippen LogP contribution in [0.1, 0.15) is 42.7 Å². The number of nitrogens with one attached hydrogen (secondary N) is 2. The van der Waals surface area contributed by atoms with Crippen molar-refractivity contribution in [3.8, 4) is 0 Å². The average Bonchev–Trinajstić information content (AvgIpc) is 3.10. The summed E-state index contributed by atoms with van der Waals surface area (Å²) in [5, 5.41) is 4.52. The molecule has 1 aliphatic carbocycles. The third-order valence-electron chi connectivity index (χ3n) is 4.73. The van der Waals surface area contributed by atoms with E-state index >= 15 is 0 Å². The second kappa shape index (κ2) is 3.87. The summed E-state index contributed by atoms with van der Waals surface area (Å²) in [5.74, 6) is 1.63. The third kappa shape index (κ3) is 1.58. The van der Waals surface area contributed by atoms with Gasteiger partial charge in [-0.15, -0.1) is 11.8 Å². The largest absolute Gasteiger partial charge is 0.317 e. The first-order chi connectivity index (χ1) is 8.78. The Labute approximate surface area is 111 Å². The van der Waals surface area contributed by atoms with Crippen LogP contribution in [-0.2, 0) is 5.41 Å². The van der Waals surface area contributed by atoms with E-state index in [1.807, 2.05) is 11.8 Å². The predicted octanol–water partition coefficient (Wildman–Crippen LogP) is 1.98. The number of aromatic nitrogens is 1. The van der Waals surface area contributed by atoms with Gasteiger partial charge in [0.1, 0.15) is 0 Å². The van der Waals surface area contributed by atoms with E-state index in [2.05, 4.69) is 16.4 Å². The Hall–Kier alpha value is -0.740. The summed E-state index contributed by atoms with van der Waals surface area (Å²) in [5.41, 5.74) is 3.08. The van der Waals surface area contributed by atoms with Crippen LogP contribution in [0.4, 0.5) is 0 Å². The molecule has 3 nitrogen and oxygen atoms in total. The predicted molar refractivity (Wildman–Crippen MR) is 73.5 cm³/mol. The van der Waals surface area contributed by atoms with Crippen molar-refractivity contribution in [3.63, 3.8) is 0 Å². The summed E-state index contributed by atoms with van der Waals surface area (Å²) in [6, 6.07) is 2.25. The van der Waals surface area contributed by atoms with Gasteiger partial charge in [0.2, 0.25) is 0 Å². The summed E-state index contributed by atoms with van der Waals surface area (Å²) in [4.78, 5) is 15.4. The Kier molecular flexibility index (Phi) is 2.39. The van der Waals surface area contributed by atoms with Crippen LogP contribution in [-0.4, -0.2) is 23.8 Å². The fraction of sp³-hybridized carbons (Fsp3) is 0.643. The van der Waals surface area contributed by atoms with Crippen LogP contribution in [0.5, 0.6) is 0 Å². The number of hydrogen-bond donors (Lipinski definition) is 2. The highest BCUT2D eigenvalue weighted by Gasteiger charge is 2.50. The minimum absolute atomic E-state index is 0.158. The van der Waals surface area contributed by atoms with Gasteiger partial charge in [-0.3, -0.25) is 4.79 Å². The van der Waals surface area contributed by atoms with Gasteiger partial charge in [0.05, 0.1) is 5.03 Å². The molecular formula is C14H18N2OS. The molecule has 1 spiro atoms. The van der Waals surface area contributed by atoms with E-state index in [1.54, 1.807) is 0 Å². The van der Waals surface area contributed by atoms with Crippen LogP contribution in [0.2, 0.25) is 0 Å². The molecular weight excluding hydrogens is 244 g/mol. The molecule has 0 radical (unpaired) electrons. The normalized spacial score (nSPS) is 25.3. The second-order valence-electron chi connectivity index (χ2n) is 5.89. The fourth-order valence-corrected chi connectivity index (χ4v) is 4.79. The van der Waals surface area contributed by atoms with E-state index in [9.17, 15) is 4.79 Å². The molecule has 96 valence electrons. The molecule has 0 atom stereocenters. The Morgan fingerprint density at radius 2 is 2.06 bits per heavy atom. The molecule has 0 aromatic carbocycles. The van der Waals surface area contributed by atoms with E-state index in [4.69, 9.17) is 0 Å². The zero-order chi connectivity index (χ0) is 12.2. The molecule has 1 saturated heterocycles. The first kappa shape index (κ1) is 11.1. The van der Waals surface area contributed by atoms with Gasteiger partial charge < -0.3 is 10.3 Å². The maximum atomic E-state index is 12.2. The standard InChI is InChI=1S/C14H18N2OS/c17-12-10(9-1-5-15-6-2-9)7-11-13(16-12)18-8-14(11)3-4-14/h7,9,15H,1-6,8H2,(H,16,17). The van der Waals surface area contributed by atoms with Crippen LogP contribution >= 0.6 is 11.8 Å². The van der Waals surface area contributed by atoms with Crippen LogP contribution in [0.3, 0.4) is 0 Å². The lowest BCUT2D eigenvalue weighted by Gasteiger charge is -2.23. The molecule has 3 aliphatic rings. The van der Waals surface area contributed by atoms with Gasteiger partial charge in [0.15, 0.2) is 0 Å². The van der Waals surface area contributed by atoms with Crippen molar-refractivity contribution in [1.82, 2.24) is 10.3 Å². The van der Waals surface area contributed by atoms with Gasteiger partial charge in [-0.05, 0) is 56.3 Å². The maximum Gasteiger partial charge on any atom is 0.252 e. The van der Waals surface area contributed by atoms with Gasteiger partial charge in [-0.1, -0.05) is 0 Å². The summed E-state index contributed by atoms with van der Waals surface area (Å²) in [7, 11) is 0.